The van der Waals surface area contributed by atoms with Crippen molar-refractivity contribution in [2.24, 2.45) is 0 Å². The molecule has 0 saturated carbocycles. The van der Waals surface area contributed by atoms with Gasteiger partial charge in [0.25, 0.3) is 0 Å². The van der Waals surface area contributed by atoms with Crippen LogP contribution >= 0.6 is 11.8 Å². The number of hydrogen-bond acceptors (Lipinski definition) is 5. The van der Waals surface area contributed by atoms with Crippen LogP contribution < -0.4 is 4.74 Å². The predicted octanol–water partition coefficient (Wildman–Crippen LogP) is 4.51. The Morgan fingerprint density at radius 2 is 1.78 bits per heavy atom. The molecule has 1 saturated heterocycles. The lowest BCUT2D eigenvalue weighted by molar-refractivity contribution is 0.0315. The maximum atomic E-state index is 5.90. The van der Waals surface area contributed by atoms with E-state index in [4.69, 9.17) is 9.47 Å². The molecule has 0 aliphatic carbocycles. The van der Waals surface area contributed by atoms with Crippen molar-refractivity contribution in [3.63, 3.8) is 0 Å². The van der Waals surface area contributed by atoms with E-state index in [1.165, 1.54) is 12.8 Å². The number of rotatable bonds is 7. The van der Waals surface area contributed by atoms with Gasteiger partial charge in [-0.15, -0.1) is 10.2 Å². The van der Waals surface area contributed by atoms with Crippen molar-refractivity contribution >= 4 is 11.8 Å². The Kier molecular flexibility index (Phi) is 6.06. The Balaban J connectivity index is 1.52. The van der Waals surface area contributed by atoms with Crippen LogP contribution in [0.1, 0.15) is 25.1 Å². The number of ether oxygens (including phenoxy) is 2. The van der Waals surface area contributed by atoms with E-state index >= 15 is 0 Å². The molecule has 0 N–H and O–H groups in total. The first kappa shape index (κ1) is 18.1. The number of nitrogens with zero attached hydrogens (tertiary/aromatic N) is 3. The Morgan fingerprint density at radius 1 is 1.00 bits per heavy atom. The van der Waals surface area contributed by atoms with Crippen molar-refractivity contribution < 1.29 is 9.47 Å². The van der Waals surface area contributed by atoms with Gasteiger partial charge < -0.3 is 9.47 Å². The van der Waals surface area contributed by atoms with E-state index in [0.717, 1.165) is 41.2 Å². The van der Waals surface area contributed by atoms with Crippen LogP contribution in [-0.2, 0) is 11.3 Å². The third-order valence-corrected chi connectivity index (χ3v) is 5.56. The molecular formula is C21H23N3O2S. The van der Waals surface area contributed by atoms with Gasteiger partial charge in [-0.3, -0.25) is 4.57 Å². The monoisotopic (exact) mass is 381 g/mol. The van der Waals surface area contributed by atoms with Gasteiger partial charge in [-0.05, 0) is 43.5 Å². The van der Waals surface area contributed by atoms with Gasteiger partial charge >= 0.3 is 0 Å². The minimum atomic E-state index is 0.300. The van der Waals surface area contributed by atoms with Gasteiger partial charge in [-0.25, -0.2) is 0 Å². The largest absolute Gasteiger partial charge is 0.486 e. The molecule has 4 rings (SSSR count). The van der Waals surface area contributed by atoms with Gasteiger partial charge in [-0.1, -0.05) is 48.2 Å². The maximum absolute atomic E-state index is 5.90. The van der Waals surface area contributed by atoms with Crippen LogP contribution in [-0.4, -0.2) is 33.2 Å². The van der Waals surface area contributed by atoms with E-state index in [1.54, 1.807) is 11.8 Å². The summed E-state index contributed by atoms with van der Waals surface area (Å²) in [5.41, 5.74) is 1.04. The zero-order valence-electron chi connectivity index (χ0n) is 15.2. The Hall–Kier alpha value is -2.31. The summed E-state index contributed by atoms with van der Waals surface area (Å²) < 4.78 is 13.8. The number of aromatic nitrogens is 3. The third kappa shape index (κ3) is 4.70. The summed E-state index contributed by atoms with van der Waals surface area (Å²) in [5, 5.41) is 9.70. The van der Waals surface area contributed by atoms with Crippen molar-refractivity contribution in [2.75, 3.05) is 12.4 Å². The number of thioether (sulfide) groups is 1. The molecule has 0 unspecified atom stereocenters. The van der Waals surface area contributed by atoms with Crippen LogP contribution in [0.5, 0.6) is 5.75 Å². The molecule has 1 atom stereocenters. The number of benzene rings is 2. The van der Waals surface area contributed by atoms with E-state index in [0.29, 0.717) is 12.7 Å². The maximum Gasteiger partial charge on any atom is 0.196 e. The van der Waals surface area contributed by atoms with E-state index in [1.807, 2.05) is 48.5 Å². The Morgan fingerprint density at radius 3 is 2.52 bits per heavy atom. The Bertz CT molecular complexity index is 833. The number of para-hydroxylation sites is 2. The molecule has 2 aromatic carbocycles. The molecule has 5 nitrogen and oxygen atoms in total. The highest BCUT2D eigenvalue weighted by Crippen LogP contribution is 2.26. The van der Waals surface area contributed by atoms with Gasteiger partial charge in [-0.2, -0.15) is 0 Å². The standard InChI is InChI=1S/C21H23N3O2S/c1-3-9-17(10-4-1)24-20(15-26-18-11-5-2-6-12-18)22-23-21(24)27-16-19-13-7-8-14-25-19/h1-6,9-12,19H,7-8,13-16H2/t19-/m1/s1. The van der Waals surface area contributed by atoms with Crippen LogP contribution in [0.15, 0.2) is 65.8 Å². The van der Waals surface area contributed by atoms with Crippen molar-refractivity contribution in [1.29, 1.82) is 0 Å². The second-order valence-electron chi connectivity index (χ2n) is 6.47. The highest BCUT2D eigenvalue weighted by molar-refractivity contribution is 7.99. The lowest BCUT2D eigenvalue weighted by Crippen LogP contribution is -2.21. The van der Waals surface area contributed by atoms with Crippen LogP contribution in [0.25, 0.3) is 5.69 Å². The van der Waals surface area contributed by atoms with Gasteiger partial charge in [0.1, 0.15) is 12.4 Å². The van der Waals surface area contributed by atoms with E-state index in [9.17, 15) is 0 Å². The van der Waals surface area contributed by atoms with Crippen LogP contribution in [0.2, 0.25) is 0 Å². The zero-order valence-corrected chi connectivity index (χ0v) is 16.0. The minimum absolute atomic E-state index is 0.300. The minimum Gasteiger partial charge on any atom is -0.486 e. The lowest BCUT2D eigenvalue weighted by atomic mass is 10.1. The highest BCUT2D eigenvalue weighted by atomic mass is 32.2. The summed E-state index contributed by atoms with van der Waals surface area (Å²) in [7, 11) is 0. The molecule has 3 aromatic rings. The average molecular weight is 382 g/mol. The smallest absolute Gasteiger partial charge is 0.196 e. The van der Waals surface area contributed by atoms with E-state index in [2.05, 4.69) is 26.9 Å². The summed E-state index contributed by atoms with van der Waals surface area (Å²) >= 11 is 1.70. The highest BCUT2D eigenvalue weighted by Gasteiger charge is 2.19. The van der Waals surface area contributed by atoms with Crippen molar-refractivity contribution in [2.45, 2.75) is 37.1 Å². The molecule has 27 heavy (non-hydrogen) atoms. The summed E-state index contributed by atoms with van der Waals surface area (Å²) in [5.74, 6) is 2.51. The van der Waals surface area contributed by atoms with Crippen LogP contribution in [0, 0.1) is 0 Å². The zero-order chi connectivity index (χ0) is 18.3. The summed E-state index contributed by atoms with van der Waals surface area (Å²) in [6.07, 6.45) is 3.83. The molecule has 1 fully saturated rings. The van der Waals surface area contributed by atoms with Gasteiger partial charge in [0.05, 0.1) is 6.10 Å². The number of hydrogen-bond donors (Lipinski definition) is 0. The molecule has 1 aromatic heterocycles. The van der Waals surface area contributed by atoms with E-state index in [-0.39, 0.29) is 0 Å². The second-order valence-corrected chi connectivity index (χ2v) is 7.46. The molecule has 0 bridgehead atoms. The average Bonchev–Trinajstić information content (AvgIpc) is 3.16. The van der Waals surface area contributed by atoms with Gasteiger partial charge in [0, 0.05) is 18.0 Å². The van der Waals surface area contributed by atoms with E-state index < -0.39 is 0 Å². The lowest BCUT2D eigenvalue weighted by Gasteiger charge is -2.22. The molecular weight excluding hydrogens is 358 g/mol. The van der Waals surface area contributed by atoms with Crippen LogP contribution in [0.3, 0.4) is 0 Å². The SMILES string of the molecule is c1ccc(OCc2nnc(SC[C@H]3CCCCO3)n2-c2ccccc2)cc1. The fourth-order valence-corrected chi connectivity index (χ4v) is 4.13. The van der Waals surface area contributed by atoms with Gasteiger partial charge in [0.15, 0.2) is 11.0 Å². The first-order valence-electron chi connectivity index (χ1n) is 9.32. The molecule has 0 amide bonds. The third-order valence-electron chi connectivity index (χ3n) is 4.50. The van der Waals surface area contributed by atoms with Crippen molar-refractivity contribution in [3.8, 4) is 11.4 Å². The Labute approximate surface area is 163 Å². The molecule has 1 aliphatic rings. The van der Waals surface area contributed by atoms with Crippen molar-refractivity contribution in [1.82, 2.24) is 14.8 Å². The second kappa shape index (κ2) is 9.06. The molecule has 140 valence electrons. The summed E-state index contributed by atoms with van der Waals surface area (Å²) in [6, 6.07) is 20.0. The fraction of sp³-hybridized carbons (Fsp3) is 0.333. The molecule has 1 aliphatic heterocycles. The normalized spacial score (nSPS) is 17.0. The summed E-state index contributed by atoms with van der Waals surface area (Å²) in [4.78, 5) is 0. The predicted molar refractivity (Wildman–Crippen MR) is 106 cm³/mol. The first-order chi connectivity index (χ1) is 13.4. The topological polar surface area (TPSA) is 49.2 Å². The molecule has 0 radical (unpaired) electrons. The molecule has 0 spiro atoms. The first-order valence-corrected chi connectivity index (χ1v) is 10.3. The quantitative estimate of drug-likeness (QED) is 0.564. The van der Waals surface area contributed by atoms with Crippen molar-refractivity contribution in [3.05, 3.63) is 66.5 Å². The fourth-order valence-electron chi connectivity index (χ4n) is 3.09. The molecule has 6 heteroatoms. The van der Waals surface area contributed by atoms with Crippen LogP contribution in [0.4, 0.5) is 0 Å². The molecule has 2 heterocycles. The summed E-state index contributed by atoms with van der Waals surface area (Å²) in [6.45, 7) is 1.24. The van der Waals surface area contributed by atoms with Gasteiger partial charge in [0.2, 0.25) is 0 Å².